The summed E-state index contributed by atoms with van der Waals surface area (Å²) in [6, 6.07) is 6.53. The van der Waals surface area contributed by atoms with Crippen molar-refractivity contribution in [3.8, 4) is 5.75 Å². The van der Waals surface area contributed by atoms with Crippen LogP contribution in [0, 0.1) is 6.92 Å². The summed E-state index contributed by atoms with van der Waals surface area (Å²) in [4.78, 5) is 0. The molecule has 0 radical (unpaired) electrons. The molecule has 1 heterocycles. The van der Waals surface area contributed by atoms with E-state index >= 15 is 0 Å². The summed E-state index contributed by atoms with van der Waals surface area (Å²) in [6.45, 7) is 5.27. The average molecular weight is 176 g/mol. The van der Waals surface area contributed by atoms with Crippen LogP contribution in [0.2, 0.25) is 0 Å². The van der Waals surface area contributed by atoms with E-state index in [-0.39, 0.29) is 0 Å². The van der Waals surface area contributed by atoms with Gasteiger partial charge in [-0.25, -0.2) is 0 Å². The van der Waals surface area contributed by atoms with Gasteiger partial charge in [0, 0.05) is 0 Å². The van der Waals surface area contributed by atoms with Crippen LogP contribution in [-0.2, 0) is 0 Å². The first kappa shape index (κ1) is 8.61. The molecule has 1 aromatic carbocycles. The van der Waals surface area contributed by atoms with Crippen LogP contribution in [0.25, 0.3) is 0 Å². The maximum Gasteiger partial charge on any atom is 0.123 e. The fraction of sp³-hybridized carbons (Fsp3) is 0.500. The molecular weight excluding hydrogens is 160 g/mol. The van der Waals surface area contributed by atoms with Crippen molar-refractivity contribution in [2.45, 2.75) is 32.6 Å². The zero-order valence-electron chi connectivity index (χ0n) is 8.34. The summed E-state index contributed by atoms with van der Waals surface area (Å²) in [6.07, 6.45) is 2.42. The lowest BCUT2D eigenvalue weighted by Gasteiger charge is -2.11. The third-order valence-corrected chi connectivity index (χ3v) is 2.74. The number of hydrogen-bond donors (Lipinski definition) is 0. The highest BCUT2D eigenvalue weighted by molar-refractivity contribution is 5.39. The maximum absolute atomic E-state index is 5.70. The van der Waals surface area contributed by atoms with Gasteiger partial charge in [-0.05, 0) is 42.9 Å². The first-order valence-corrected chi connectivity index (χ1v) is 5.01. The molecule has 1 aliphatic rings. The van der Waals surface area contributed by atoms with Gasteiger partial charge in [-0.3, -0.25) is 0 Å². The van der Waals surface area contributed by atoms with Gasteiger partial charge >= 0.3 is 0 Å². The molecular formula is C12H16O. The summed E-state index contributed by atoms with van der Waals surface area (Å²) in [7, 11) is 0. The SMILES string of the molecule is Cc1ccc2c(c1)OCCCC2C. The van der Waals surface area contributed by atoms with E-state index in [2.05, 4.69) is 32.0 Å². The monoisotopic (exact) mass is 176 g/mol. The lowest BCUT2D eigenvalue weighted by atomic mass is 9.96. The van der Waals surface area contributed by atoms with Crippen molar-refractivity contribution in [1.82, 2.24) is 0 Å². The molecule has 1 nitrogen and oxygen atoms in total. The second-order valence-corrected chi connectivity index (χ2v) is 3.93. The minimum atomic E-state index is 0.651. The number of benzene rings is 1. The third kappa shape index (κ3) is 1.69. The van der Waals surface area contributed by atoms with E-state index in [4.69, 9.17) is 4.74 Å². The first-order valence-electron chi connectivity index (χ1n) is 5.01. The Bertz CT molecular complexity index is 304. The number of ether oxygens (including phenoxy) is 1. The summed E-state index contributed by atoms with van der Waals surface area (Å²) >= 11 is 0. The topological polar surface area (TPSA) is 9.23 Å². The molecule has 2 rings (SSSR count). The Morgan fingerprint density at radius 3 is 3.08 bits per heavy atom. The van der Waals surface area contributed by atoms with E-state index in [0.717, 1.165) is 12.4 Å². The molecule has 0 saturated carbocycles. The highest BCUT2D eigenvalue weighted by atomic mass is 16.5. The van der Waals surface area contributed by atoms with Gasteiger partial charge in [0.25, 0.3) is 0 Å². The van der Waals surface area contributed by atoms with Gasteiger partial charge in [-0.2, -0.15) is 0 Å². The molecule has 1 unspecified atom stereocenters. The molecule has 70 valence electrons. The maximum atomic E-state index is 5.70. The molecule has 1 heteroatoms. The van der Waals surface area contributed by atoms with E-state index in [0.29, 0.717) is 5.92 Å². The number of aryl methyl sites for hydroxylation is 1. The molecule has 1 atom stereocenters. The number of hydrogen-bond acceptors (Lipinski definition) is 1. The minimum absolute atomic E-state index is 0.651. The molecule has 1 aliphatic heterocycles. The van der Waals surface area contributed by atoms with Crippen molar-refractivity contribution in [3.05, 3.63) is 29.3 Å². The lowest BCUT2D eigenvalue weighted by Crippen LogP contribution is -1.95. The van der Waals surface area contributed by atoms with E-state index in [1.165, 1.54) is 24.0 Å². The van der Waals surface area contributed by atoms with Crippen molar-refractivity contribution in [3.63, 3.8) is 0 Å². The number of fused-ring (bicyclic) bond motifs is 1. The molecule has 0 aliphatic carbocycles. The smallest absolute Gasteiger partial charge is 0.123 e. The van der Waals surface area contributed by atoms with Crippen LogP contribution in [0.4, 0.5) is 0 Å². The van der Waals surface area contributed by atoms with Crippen molar-refractivity contribution < 1.29 is 4.74 Å². The van der Waals surface area contributed by atoms with E-state index in [1.807, 2.05) is 0 Å². The Balaban J connectivity index is 2.42. The average Bonchev–Trinajstić information content (AvgIpc) is 2.28. The molecule has 0 N–H and O–H groups in total. The zero-order valence-corrected chi connectivity index (χ0v) is 8.34. The predicted molar refractivity (Wildman–Crippen MR) is 54.3 cm³/mol. The van der Waals surface area contributed by atoms with E-state index < -0.39 is 0 Å². The van der Waals surface area contributed by atoms with E-state index in [9.17, 15) is 0 Å². The van der Waals surface area contributed by atoms with Crippen LogP contribution in [-0.4, -0.2) is 6.61 Å². The molecule has 0 spiro atoms. The van der Waals surface area contributed by atoms with Crippen LogP contribution in [0.1, 0.15) is 36.8 Å². The lowest BCUT2D eigenvalue weighted by molar-refractivity contribution is 0.316. The fourth-order valence-corrected chi connectivity index (χ4v) is 1.90. The summed E-state index contributed by atoms with van der Waals surface area (Å²) in [5.41, 5.74) is 2.66. The summed E-state index contributed by atoms with van der Waals surface area (Å²) in [5.74, 6) is 1.75. The molecule has 0 fully saturated rings. The summed E-state index contributed by atoms with van der Waals surface area (Å²) in [5, 5.41) is 0. The summed E-state index contributed by atoms with van der Waals surface area (Å²) < 4.78 is 5.70. The second kappa shape index (κ2) is 3.41. The van der Waals surface area contributed by atoms with Gasteiger partial charge in [0.05, 0.1) is 6.61 Å². The highest BCUT2D eigenvalue weighted by Gasteiger charge is 2.15. The highest BCUT2D eigenvalue weighted by Crippen LogP contribution is 2.33. The minimum Gasteiger partial charge on any atom is -0.493 e. The van der Waals surface area contributed by atoms with Crippen molar-refractivity contribution in [2.24, 2.45) is 0 Å². The second-order valence-electron chi connectivity index (χ2n) is 3.93. The molecule has 1 aromatic rings. The van der Waals surface area contributed by atoms with Crippen LogP contribution in [0.15, 0.2) is 18.2 Å². The Hall–Kier alpha value is -0.980. The third-order valence-electron chi connectivity index (χ3n) is 2.74. The van der Waals surface area contributed by atoms with Crippen molar-refractivity contribution in [2.75, 3.05) is 6.61 Å². The Labute approximate surface area is 79.7 Å². The standard InChI is InChI=1S/C12H16O/c1-9-5-6-11-10(2)4-3-7-13-12(11)8-9/h5-6,8,10H,3-4,7H2,1-2H3. The van der Waals surface area contributed by atoms with Gasteiger partial charge < -0.3 is 4.74 Å². The van der Waals surface area contributed by atoms with Gasteiger partial charge in [0.2, 0.25) is 0 Å². The largest absolute Gasteiger partial charge is 0.493 e. The van der Waals surface area contributed by atoms with E-state index in [1.54, 1.807) is 0 Å². The van der Waals surface area contributed by atoms with Crippen LogP contribution in [0.3, 0.4) is 0 Å². The van der Waals surface area contributed by atoms with Gasteiger partial charge in [0.15, 0.2) is 0 Å². The molecule has 0 bridgehead atoms. The molecule has 13 heavy (non-hydrogen) atoms. The van der Waals surface area contributed by atoms with Crippen molar-refractivity contribution >= 4 is 0 Å². The normalized spacial score (nSPS) is 21.5. The van der Waals surface area contributed by atoms with Gasteiger partial charge in [-0.1, -0.05) is 19.1 Å². The quantitative estimate of drug-likeness (QED) is 0.589. The molecule has 0 saturated heterocycles. The Morgan fingerprint density at radius 1 is 1.38 bits per heavy atom. The molecule has 0 amide bonds. The van der Waals surface area contributed by atoms with Crippen LogP contribution in [0.5, 0.6) is 5.75 Å². The van der Waals surface area contributed by atoms with Gasteiger partial charge in [-0.15, -0.1) is 0 Å². The Kier molecular flexibility index (Phi) is 2.26. The van der Waals surface area contributed by atoms with Gasteiger partial charge in [0.1, 0.15) is 5.75 Å². The van der Waals surface area contributed by atoms with Crippen LogP contribution < -0.4 is 4.74 Å². The van der Waals surface area contributed by atoms with Crippen molar-refractivity contribution in [1.29, 1.82) is 0 Å². The Morgan fingerprint density at radius 2 is 2.23 bits per heavy atom. The predicted octanol–water partition coefficient (Wildman–Crippen LogP) is 3.27. The van der Waals surface area contributed by atoms with Crippen LogP contribution >= 0.6 is 0 Å². The fourth-order valence-electron chi connectivity index (χ4n) is 1.90. The molecule has 0 aromatic heterocycles. The zero-order chi connectivity index (χ0) is 9.26. The first-order chi connectivity index (χ1) is 6.27. The number of rotatable bonds is 0.